The van der Waals surface area contributed by atoms with Crippen molar-refractivity contribution in [2.45, 2.75) is 19.3 Å². The second kappa shape index (κ2) is 7.37. The van der Waals surface area contributed by atoms with Crippen molar-refractivity contribution >= 4 is 40.0 Å². The van der Waals surface area contributed by atoms with Crippen LogP contribution < -0.4 is 9.47 Å². The Kier molecular flexibility index (Phi) is 5.19. The van der Waals surface area contributed by atoms with E-state index in [9.17, 15) is 4.79 Å². The largest absolute Gasteiger partial charge is 0.497 e. The number of aryl methyl sites for hydroxylation is 1. The van der Waals surface area contributed by atoms with Crippen molar-refractivity contribution in [1.82, 2.24) is 10.2 Å². The van der Waals surface area contributed by atoms with E-state index in [0.29, 0.717) is 21.4 Å². The van der Waals surface area contributed by atoms with Crippen LogP contribution in [0.25, 0.3) is 6.08 Å². The first kappa shape index (κ1) is 17.6. The first-order chi connectivity index (χ1) is 12.1. The fourth-order valence-electron chi connectivity index (χ4n) is 2.43. The molecule has 130 valence electrons. The zero-order valence-electron chi connectivity index (χ0n) is 14.0. The summed E-state index contributed by atoms with van der Waals surface area (Å²) in [6.45, 7) is 1.99. The second-order valence-electron chi connectivity index (χ2n) is 5.27. The van der Waals surface area contributed by atoms with E-state index in [1.54, 1.807) is 38.5 Å². The van der Waals surface area contributed by atoms with Crippen LogP contribution in [0.4, 0.5) is 0 Å². The van der Waals surface area contributed by atoms with E-state index in [1.807, 2.05) is 6.92 Å². The Hall–Kier alpha value is -2.19. The number of aromatic nitrogens is 2. The van der Waals surface area contributed by atoms with Crippen molar-refractivity contribution in [3.05, 3.63) is 38.7 Å². The van der Waals surface area contributed by atoms with Gasteiger partial charge in [0.25, 0.3) is 0 Å². The third-order valence-corrected chi connectivity index (χ3v) is 5.87. The van der Waals surface area contributed by atoms with Crippen molar-refractivity contribution in [2.75, 3.05) is 14.2 Å². The predicted molar refractivity (Wildman–Crippen MR) is 99.9 cm³/mol. The van der Waals surface area contributed by atoms with Crippen LogP contribution in [0.15, 0.2) is 23.1 Å². The number of nitrogens with one attached hydrogen (secondary N) is 1. The summed E-state index contributed by atoms with van der Waals surface area (Å²) >= 11 is 2.55. The molecule has 0 spiro atoms. The number of hydrogen-bond donors (Lipinski definition) is 1. The van der Waals surface area contributed by atoms with Gasteiger partial charge in [0, 0.05) is 5.56 Å². The average molecular weight is 375 g/mol. The number of methoxy groups -OCH3 is 2. The Bertz CT molecular complexity index is 861. The number of ether oxygens (including phenoxy) is 2. The Morgan fingerprint density at radius 2 is 2.08 bits per heavy atom. The van der Waals surface area contributed by atoms with Crippen molar-refractivity contribution in [2.24, 2.45) is 0 Å². The van der Waals surface area contributed by atoms with E-state index >= 15 is 0 Å². The second-order valence-corrected chi connectivity index (χ2v) is 7.45. The van der Waals surface area contributed by atoms with Gasteiger partial charge in [-0.05, 0) is 30.7 Å². The topological polar surface area (TPSA) is 85.2 Å². The third kappa shape index (κ3) is 3.45. The number of ketones is 1. The van der Waals surface area contributed by atoms with Crippen molar-refractivity contribution < 1.29 is 14.3 Å². The molecule has 8 heteroatoms. The van der Waals surface area contributed by atoms with Crippen LogP contribution in [0.3, 0.4) is 0 Å². The molecule has 3 rings (SSSR count). The Labute approximate surface area is 153 Å². The number of rotatable bonds is 5. The Balaban J connectivity index is 1.95. The number of nitrogens with zero attached hydrogens (tertiary/aromatic N) is 2. The molecule has 25 heavy (non-hydrogen) atoms. The van der Waals surface area contributed by atoms with Crippen molar-refractivity contribution in [3.63, 3.8) is 0 Å². The van der Waals surface area contributed by atoms with Crippen LogP contribution in [0.5, 0.6) is 11.5 Å². The number of hydrogen-bond acceptors (Lipinski definition) is 8. The summed E-state index contributed by atoms with van der Waals surface area (Å²) < 4.78 is 10.6. The van der Waals surface area contributed by atoms with Crippen LogP contribution in [0.2, 0.25) is 0 Å². The SMILES string of the molecule is CCc1nnc(C2C(=N)SC(=Cc3cc(OC)ccc3OC)C2=O)s1. The van der Waals surface area contributed by atoms with Gasteiger partial charge in [-0.2, -0.15) is 0 Å². The molecule has 1 aliphatic rings. The van der Waals surface area contributed by atoms with Gasteiger partial charge in [0.2, 0.25) is 0 Å². The van der Waals surface area contributed by atoms with E-state index in [-0.39, 0.29) is 10.8 Å². The molecule has 0 saturated carbocycles. The first-order valence-corrected chi connectivity index (χ1v) is 9.27. The monoisotopic (exact) mass is 375 g/mol. The van der Waals surface area contributed by atoms with Gasteiger partial charge in [-0.15, -0.1) is 21.5 Å². The van der Waals surface area contributed by atoms with Crippen LogP contribution >= 0.6 is 23.1 Å². The summed E-state index contributed by atoms with van der Waals surface area (Å²) in [5, 5.41) is 18.1. The molecule has 1 saturated heterocycles. The summed E-state index contributed by atoms with van der Waals surface area (Å²) in [6.07, 6.45) is 2.51. The first-order valence-electron chi connectivity index (χ1n) is 7.63. The minimum atomic E-state index is -0.648. The molecule has 1 unspecified atom stereocenters. The van der Waals surface area contributed by atoms with E-state index in [4.69, 9.17) is 14.9 Å². The summed E-state index contributed by atoms with van der Waals surface area (Å²) in [7, 11) is 3.16. The molecule has 0 bridgehead atoms. The summed E-state index contributed by atoms with van der Waals surface area (Å²) in [6, 6.07) is 5.38. The lowest BCUT2D eigenvalue weighted by molar-refractivity contribution is -0.114. The molecule has 1 N–H and O–H groups in total. The minimum Gasteiger partial charge on any atom is -0.497 e. The molecule has 1 atom stereocenters. The summed E-state index contributed by atoms with van der Waals surface area (Å²) in [4.78, 5) is 13.3. The zero-order chi connectivity index (χ0) is 18.0. The highest BCUT2D eigenvalue weighted by molar-refractivity contribution is 8.19. The minimum absolute atomic E-state index is 0.126. The fourth-order valence-corrected chi connectivity index (χ4v) is 4.38. The van der Waals surface area contributed by atoms with E-state index < -0.39 is 5.92 Å². The van der Waals surface area contributed by atoms with Gasteiger partial charge in [-0.3, -0.25) is 10.2 Å². The number of benzene rings is 1. The maximum absolute atomic E-state index is 12.8. The molecule has 0 radical (unpaired) electrons. The lowest BCUT2D eigenvalue weighted by Gasteiger charge is -2.07. The number of carbonyl (C=O) groups is 1. The molecule has 2 aromatic rings. The van der Waals surface area contributed by atoms with Crippen LogP contribution in [-0.2, 0) is 11.2 Å². The predicted octanol–water partition coefficient (Wildman–Crippen LogP) is 3.54. The molecule has 0 amide bonds. The average Bonchev–Trinajstić information content (AvgIpc) is 3.19. The normalized spacial score (nSPS) is 18.8. The van der Waals surface area contributed by atoms with Gasteiger partial charge >= 0.3 is 0 Å². The lowest BCUT2D eigenvalue weighted by atomic mass is 10.0. The molecular weight excluding hydrogens is 358 g/mol. The van der Waals surface area contributed by atoms with Gasteiger partial charge in [-0.25, -0.2) is 0 Å². The van der Waals surface area contributed by atoms with Crippen molar-refractivity contribution in [1.29, 1.82) is 5.41 Å². The highest BCUT2D eigenvalue weighted by Crippen LogP contribution is 2.42. The number of Topliss-reactive ketones (excluding diaryl/α,β-unsaturated/α-hetero) is 1. The van der Waals surface area contributed by atoms with Crippen LogP contribution in [0, 0.1) is 5.41 Å². The van der Waals surface area contributed by atoms with Crippen LogP contribution in [0.1, 0.15) is 28.4 Å². The Morgan fingerprint density at radius 1 is 1.28 bits per heavy atom. The number of carbonyl (C=O) groups excluding carboxylic acids is 1. The van der Waals surface area contributed by atoms with E-state index in [0.717, 1.165) is 28.8 Å². The summed E-state index contributed by atoms with van der Waals surface area (Å²) in [5.74, 6) is 0.539. The molecular formula is C17H17N3O3S2. The van der Waals surface area contributed by atoms with Gasteiger partial charge in [0.1, 0.15) is 27.4 Å². The standard InChI is InChI=1S/C17H17N3O3S2/c1-4-13-19-20-17(25-13)14-15(21)12(24-16(14)18)8-9-7-10(22-2)5-6-11(9)23-3/h5-8,14,18H,4H2,1-3H3. The highest BCUT2D eigenvalue weighted by atomic mass is 32.2. The van der Waals surface area contributed by atoms with Crippen LogP contribution in [-0.4, -0.2) is 35.2 Å². The molecule has 1 fully saturated rings. The molecule has 1 aromatic heterocycles. The summed E-state index contributed by atoms with van der Waals surface area (Å²) in [5.41, 5.74) is 0.734. The smallest absolute Gasteiger partial charge is 0.186 e. The zero-order valence-corrected chi connectivity index (χ0v) is 15.7. The molecule has 2 heterocycles. The number of thioether (sulfide) groups is 1. The van der Waals surface area contributed by atoms with Gasteiger partial charge in [-0.1, -0.05) is 18.7 Å². The molecule has 1 aromatic carbocycles. The molecule has 6 nitrogen and oxygen atoms in total. The van der Waals surface area contributed by atoms with Crippen molar-refractivity contribution in [3.8, 4) is 11.5 Å². The van der Waals surface area contributed by atoms with E-state index in [1.165, 1.54) is 11.3 Å². The van der Waals surface area contributed by atoms with Gasteiger partial charge in [0.15, 0.2) is 5.78 Å². The van der Waals surface area contributed by atoms with Gasteiger partial charge < -0.3 is 9.47 Å². The Morgan fingerprint density at radius 3 is 2.72 bits per heavy atom. The van der Waals surface area contributed by atoms with E-state index in [2.05, 4.69) is 10.2 Å². The molecule has 0 aliphatic carbocycles. The van der Waals surface area contributed by atoms with Gasteiger partial charge in [0.05, 0.1) is 24.2 Å². The maximum atomic E-state index is 12.8. The lowest BCUT2D eigenvalue weighted by Crippen LogP contribution is -2.11. The fraction of sp³-hybridized carbons (Fsp3) is 0.294. The quantitative estimate of drug-likeness (QED) is 0.805. The third-order valence-electron chi connectivity index (χ3n) is 3.74. The highest BCUT2D eigenvalue weighted by Gasteiger charge is 2.39. The molecule has 1 aliphatic heterocycles. The number of allylic oxidation sites excluding steroid dienone is 1. The maximum Gasteiger partial charge on any atom is 0.186 e.